The lowest BCUT2D eigenvalue weighted by molar-refractivity contribution is 0.0955. The minimum Gasteiger partial charge on any atom is -0.267 e. The third kappa shape index (κ3) is 4.62. The average molecular weight is 494 g/mol. The number of carbonyl (C=O) groups excluding carboxylic acids is 1. The molecule has 1 amide bonds. The molecule has 1 N–H and O–H groups in total. The van der Waals surface area contributed by atoms with Gasteiger partial charge in [-0.25, -0.2) is 17.8 Å². The summed E-state index contributed by atoms with van der Waals surface area (Å²) in [7, 11) is -3.84. The molecule has 0 spiro atoms. The Kier molecular flexibility index (Phi) is 6.59. The second-order valence-corrected chi connectivity index (χ2v) is 10.3. The molecule has 0 radical (unpaired) electrons. The molecule has 8 heteroatoms. The maximum Gasteiger partial charge on any atom is 0.271 e. The Hall–Kier alpha value is -3.42. The van der Waals surface area contributed by atoms with Gasteiger partial charge in [0.15, 0.2) is 0 Å². The van der Waals surface area contributed by atoms with E-state index in [1.807, 2.05) is 44.2 Å². The summed E-state index contributed by atoms with van der Waals surface area (Å²) < 4.78 is 28.3. The van der Waals surface area contributed by atoms with E-state index in [-0.39, 0.29) is 4.90 Å². The van der Waals surface area contributed by atoms with Crippen LogP contribution in [0.1, 0.15) is 40.9 Å². The van der Waals surface area contributed by atoms with Gasteiger partial charge in [0.1, 0.15) is 0 Å². The van der Waals surface area contributed by atoms with Crippen molar-refractivity contribution < 1.29 is 13.2 Å². The molecule has 4 aromatic rings. The van der Waals surface area contributed by atoms with Crippen molar-refractivity contribution in [3.8, 4) is 0 Å². The van der Waals surface area contributed by atoms with Crippen LogP contribution >= 0.6 is 11.6 Å². The summed E-state index contributed by atoms with van der Waals surface area (Å²) in [6.07, 6.45) is 2.38. The molecule has 6 nitrogen and oxygen atoms in total. The van der Waals surface area contributed by atoms with Gasteiger partial charge in [0.25, 0.3) is 15.9 Å². The maximum atomic E-state index is 13.5. The number of hydrazone groups is 1. The van der Waals surface area contributed by atoms with Crippen molar-refractivity contribution in [2.45, 2.75) is 32.1 Å². The first-order valence-corrected chi connectivity index (χ1v) is 12.6. The van der Waals surface area contributed by atoms with Gasteiger partial charge in [0.2, 0.25) is 0 Å². The number of nitrogens with one attached hydrogen (secondary N) is 1. The molecule has 174 valence electrons. The lowest BCUT2D eigenvalue weighted by Gasteiger charge is -2.08. The van der Waals surface area contributed by atoms with E-state index in [2.05, 4.69) is 10.5 Å². The predicted octanol–water partition coefficient (Wildman–Crippen LogP) is 5.56. The first-order valence-electron chi connectivity index (χ1n) is 10.8. The molecule has 34 heavy (non-hydrogen) atoms. The van der Waals surface area contributed by atoms with Crippen molar-refractivity contribution in [3.05, 3.63) is 100 Å². The molecule has 1 heterocycles. The Bertz CT molecular complexity index is 1520. The number of carbonyl (C=O) groups is 1. The van der Waals surface area contributed by atoms with Crippen LogP contribution in [0.5, 0.6) is 0 Å². The van der Waals surface area contributed by atoms with Crippen LogP contribution < -0.4 is 5.43 Å². The molecule has 0 saturated carbocycles. The quantitative estimate of drug-likeness (QED) is 0.282. The van der Waals surface area contributed by atoms with Crippen molar-refractivity contribution in [3.63, 3.8) is 0 Å². The van der Waals surface area contributed by atoms with Crippen LogP contribution in [0.3, 0.4) is 0 Å². The lowest BCUT2D eigenvalue weighted by Crippen LogP contribution is -2.19. The van der Waals surface area contributed by atoms with Gasteiger partial charge in [-0.05, 0) is 67.8 Å². The van der Waals surface area contributed by atoms with E-state index >= 15 is 0 Å². The molecular weight excluding hydrogens is 470 g/mol. The molecule has 0 unspecified atom stereocenters. The van der Waals surface area contributed by atoms with E-state index in [4.69, 9.17) is 11.6 Å². The summed E-state index contributed by atoms with van der Waals surface area (Å²) in [5, 5.41) is 5.40. The third-order valence-corrected chi connectivity index (χ3v) is 7.54. The van der Waals surface area contributed by atoms with Crippen molar-refractivity contribution in [2.24, 2.45) is 5.10 Å². The zero-order valence-corrected chi connectivity index (χ0v) is 20.6. The smallest absolute Gasteiger partial charge is 0.267 e. The monoisotopic (exact) mass is 493 g/mol. The van der Waals surface area contributed by atoms with E-state index in [9.17, 15) is 13.2 Å². The minimum atomic E-state index is -3.84. The van der Waals surface area contributed by atoms with Gasteiger partial charge < -0.3 is 0 Å². The van der Waals surface area contributed by atoms with Gasteiger partial charge in [-0.3, -0.25) is 4.79 Å². The number of aromatic nitrogens is 1. The molecule has 4 rings (SSSR count). The number of hydrogen-bond donors (Lipinski definition) is 1. The number of amides is 1. The van der Waals surface area contributed by atoms with Crippen LogP contribution in [-0.4, -0.2) is 24.0 Å². The maximum absolute atomic E-state index is 13.5. The van der Waals surface area contributed by atoms with Crippen molar-refractivity contribution in [1.82, 2.24) is 9.40 Å². The number of rotatable bonds is 6. The summed E-state index contributed by atoms with van der Waals surface area (Å²) in [4.78, 5) is 12.7. The fourth-order valence-electron chi connectivity index (χ4n) is 3.70. The van der Waals surface area contributed by atoms with Gasteiger partial charge >= 0.3 is 0 Å². The molecule has 3 aromatic carbocycles. The number of fused-ring (bicyclic) bond motifs is 1. The number of aryl methyl sites for hydroxylation is 2. The standard InChI is InChI=1S/C26H24ClN3O3S/c1-4-19-9-11-22(12-10-19)34(32,33)30-16-24(23-13-8-17(2)14-25(23)30)18(3)28-29-26(31)20-6-5-7-21(27)15-20/h5-16H,4H2,1-3H3,(H,29,31)/b28-18+. The SMILES string of the molecule is CCc1ccc(S(=O)(=O)n2cc(/C(C)=N/NC(=O)c3cccc(Cl)c3)c3ccc(C)cc32)cc1. The molecule has 0 saturated heterocycles. The van der Waals surface area contributed by atoms with Gasteiger partial charge in [-0.1, -0.05) is 48.9 Å². The van der Waals surface area contributed by atoms with Gasteiger partial charge in [0, 0.05) is 27.7 Å². The highest BCUT2D eigenvalue weighted by Gasteiger charge is 2.22. The lowest BCUT2D eigenvalue weighted by atomic mass is 10.1. The molecular formula is C26H24ClN3O3S. The van der Waals surface area contributed by atoms with E-state index in [1.165, 1.54) is 3.97 Å². The summed E-state index contributed by atoms with van der Waals surface area (Å²) in [6.45, 7) is 5.65. The van der Waals surface area contributed by atoms with Crippen molar-refractivity contribution in [2.75, 3.05) is 0 Å². The fourth-order valence-corrected chi connectivity index (χ4v) is 5.25. The molecule has 0 atom stereocenters. The highest BCUT2D eigenvalue weighted by Crippen LogP contribution is 2.28. The average Bonchev–Trinajstić information content (AvgIpc) is 3.22. The molecule has 1 aromatic heterocycles. The van der Waals surface area contributed by atoms with Crippen LogP contribution in [-0.2, 0) is 16.4 Å². The normalized spacial score (nSPS) is 12.2. The van der Waals surface area contributed by atoms with Crippen LogP contribution in [0.4, 0.5) is 0 Å². The summed E-state index contributed by atoms with van der Waals surface area (Å²) >= 11 is 5.96. The Morgan fingerprint density at radius 3 is 2.47 bits per heavy atom. The second kappa shape index (κ2) is 9.44. The van der Waals surface area contributed by atoms with Crippen molar-refractivity contribution >= 4 is 44.1 Å². The Labute approximate surface area is 203 Å². The first-order chi connectivity index (χ1) is 16.2. The van der Waals surface area contributed by atoms with Crippen LogP contribution in [0.25, 0.3) is 10.9 Å². The van der Waals surface area contributed by atoms with Crippen LogP contribution in [0.15, 0.2) is 82.9 Å². The Morgan fingerprint density at radius 1 is 1.06 bits per heavy atom. The molecule has 0 aliphatic heterocycles. The van der Waals surface area contributed by atoms with Gasteiger partial charge in [-0.15, -0.1) is 0 Å². The largest absolute Gasteiger partial charge is 0.271 e. The third-order valence-electron chi connectivity index (χ3n) is 5.62. The summed E-state index contributed by atoms with van der Waals surface area (Å²) in [6, 6.07) is 19.1. The topological polar surface area (TPSA) is 80.5 Å². The molecule has 0 aliphatic carbocycles. The highest BCUT2D eigenvalue weighted by atomic mass is 35.5. The van der Waals surface area contributed by atoms with Crippen LogP contribution in [0.2, 0.25) is 5.02 Å². The second-order valence-electron chi connectivity index (χ2n) is 8.01. The summed E-state index contributed by atoms with van der Waals surface area (Å²) in [5.41, 5.74) is 6.52. The predicted molar refractivity (Wildman–Crippen MR) is 136 cm³/mol. The number of hydrogen-bond acceptors (Lipinski definition) is 4. The molecule has 0 aliphatic rings. The molecule has 0 fully saturated rings. The first kappa shape index (κ1) is 23.7. The van der Waals surface area contributed by atoms with E-state index < -0.39 is 15.9 Å². The van der Waals surface area contributed by atoms with Crippen molar-refractivity contribution in [1.29, 1.82) is 0 Å². The number of nitrogens with zero attached hydrogens (tertiary/aromatic N) is 2. The van der Waals surface area contributed by atoms with E-state index in [0.29, 0.717) is 27.4 Å². The van der Waals surface area contributed by atoms with Gasteiger partial charge in [0.05, 0.1) is 16.1 Å². The number of halogens is 1. The Balaban J connectivity index is 1.75. The Morgan fingerprint density at radius 2 is 1.79 bits per heavy atom. The summed E-state index contributed by atoms with van der Waals surface area (Å²) in [5.74, 6) is -0.412. The highest BCUT2D eigenvalue weighted by molar-refractivity contribution is 7.90. The number of benzene rings is 3. The van der Waals surface area contributed by atoms with Gasteiger partial charge in [-0.2, -0.15) is 5.10 Å². The zero-order chi connectivity index (χ0) is 24.5. The van der Waals surface area contributed by atoms with E-state index in [1.54, 1.807) is 49.5 Å². The fraction of sp³-hybridized carbons (Fsp3) is 0.154. The van der Waals surface area contributed by atoms with E-state index in [0.717, 1.165) is 22.9 Å². The zero-order valence-electron chi connectivity index (χ0n) is 19.0. The molecule has 0 bridgehead atoms. The minimum absolute atomic E-state index is 0.207. The van der Waals surface area contributed by atoms with Crippen LogP contribution in [0, 0.1) is 6.92 Å².